The zero-order valence-corrected chi connectivity index (χ0v) is 27.7. The predicted octanol–water partition coefficient (Wildman–Crippen LogP) is 13.1. The van der Waals surface area contributed by atoms with Gasteiger partial charge in [0.15, 0.2) is 0 Å². The molecule has 0 aliphatic rings. The van der Waals surface area contributed by atoms with Crippen LogP contribution in [0.4, 0.5) is 0 Å². The number of hydrogen-bond acceptors (Lipinski definition) is 0. The molecule has 0 saturated carbocycles. The molecule has 0 amide bonds. The van der Waals surface area contributed by atoms with Crippen molar-refractivity contribution < 1.29 is 0 Å². The molecule has 8 aromatic carbocycles. The maximum atomic E-state index is 2.37. The molecule has 0 radical (unpaired) electrons. The van der Waals surface area contributed by atoms with Crippen molar-refractivity contribution in [3.05, 3.63) is 181 Å². The number of aromatic nitrogens is 1. The number of aryl methyl sites for hydroxylation is 2. The quantitative estimate of drug-likeness (QED) is 0.179. The lowest BCUT2D eigenvalue weighted by molar-refractivity contribution is 0.979. The van der Waals surface area contributed by atoms with Crippen LogP contribution in [-0.4, -0.2) is 4.57 Å². The van der Waals surface area contributed by atoms with Gasteiger partial charge in [0, 0.05) is 23.5 Å². The topological polar surface area (TPSA) is 4.93 Å². The Morgan fingerprint density at radius 2 is 0.939 bits per heavy atom. The summed E-state index contributed by atoms with van der Waals surface area (Å²) >= 11 is 0. The third-order valence-corrected chi connectivity index (χ3v) is 10.1. The van der Waals surface area contributed by atoms with Crippen molar-refractivity contribution in [3.63, 3.8) is 0 Å². The largest absolute Gasteiger partial charge is 0.343 e. The van der Waals surface area contributed by atoms with Gasteiger partial charge in [-0.15, -0.1) is 0 Å². The fourth-order valence-electron chi connectivity index (χ4n) is 7.56. The number of rotatable bonds is 5. The monoisotopic (exact) mass is 625 g/mol. The smallest absolute Gasteiger partial charge is 0.0568 e. The van der Waals surface area contributed by atoms with Gasteiger partial charge in [0.2, 0.25) is 0 Å². The molecular formula is C48H35N. The van der Waals surface area contributed by atoms with E-state index in [1.54, 1.807) is 0 Å². The number of nitrogens with zero attached hydrogens (tertiary/aromatic N) is 1. The van der Waals surface area contributed by atoms with Crippen molar-refractivity contribution in [2.24, 2.45) is 7.05 Å². The van der Waals surface area contributed by atoms with Gasteiger partial charge in [-0.3, -0.25) is 0 Å². The van der Waals surface area contributed by atoms with Gasteiger partial charge in [-0.05, 0) is 85.1 Å². The van der Waals surface area contributed by atoms with E-state index in [-0.39, 0.29) is 0 Å². The standard InChI is InChI=1S/C48H35N/c1-32-16-18-36(19-17-32)47-45-27-26-40(31-46(45)49(2)48(47)37-11-4-3-5-12-37)42-29-28-41(43-14-8-9-15-44(42)43)35-23-20-34(21-24-35)39-25-22-33-10-6-7-13-38(33)30-39/h3-31H,1-2H3. The van der Waals surface area contributed by atoms with E-state index in [1.165, 1.54) is 93.8 Å². The van der Waals surface area contributed by atoms with Crippen molar-refractivity contribution in [2.45, 2.75) is 6.92 Å². The molecule has 0 N–H and O–H groups in total. The van der Waals surface area contributed by atoms with Crippen LogP contribution in [-0.2, 0) is 7.05 Å². The maximum Gasteiger partial charge on any atom is 0.0568 e. The normalized spacial score (nSPS) is 11.5. The Balaban J connectivity index is 1.15. The third kappa shape index (κ3) is 5.03. The second kappa shape index (κ2) is 11.8. The van der Waals surface area contributed by atoms with E-state index in [1.807, 2.05) is 0 Å². The van der Waals surface area contributed by atoms with E-state index in [2.05, 4.69) is 194 Å². The van der Waals surface area contributed by atoms with Gasteiger partial charge in [0.05, 0.1) is 5.69 Å². The number of benzene rings is 8. The lowest BCUT2D eigenvalue weighted by Crippen LogP contribution is -1.93. The summed E-state index contributed by atoms with van der Waals surface area (Å²) in [7, 11) is 2.20. The average molecular weight is 626 g/mol. The van der Waals surface area contributed by atoms with Crippen molar-refractivity contribution in [1.82, 2.24) is 4.57 Å². The molecule has 0 spiro atoms. The first kappa shape index (κ1) is 29.0. The minimum atomic E-state index is 1.22. The van der Waals surface area contributed by atoms with Gasteiger partial charge in [-0.1, -0.05) is 169 Å². The molecule has 9 aromatic rings. The molecular weight excluding hydrogens is 591 g/mol. The summed E-state index contributed by atoms with van der Waals surface area (Å²) in [5, 5.41) is 6.32. The molecule has 232 valence electrons. The molecule has 0 saturated heterocycles. The van der Waals surface area contributed by atoms with E-state index in [4.69, 9.17) is 0 Å². The summed E-state index contributed by atoms with van der Waals surface area (Å²) in [6, 6.07) is 64.4. The first-order valence-electron chi connectivity index (χ1n) is 17.0. The molecule has 0 atom stereocenters. The predicted molar refractivity (Wildman–Crippen MR) is 210 cm³/mol. The highest BCUT2D eigenvalue weighted by Gasteiger charge is 2.19. The lowest BCUT2D eigenvalue weighted by atomic mass is 9.90. The number of hydrogen-bond donors (Lipinski definition) is 0. The first-order chi connectivity index (χ1) is 24.1. The van der Waals surface area contributed by atoms with Crippen LogP contribution >= 0.6 is 0 Å². The average Bonchev–Trinajstić information content (AvgIpc) is 3.46. The Bertz CT molecular complexity index is 2640. The van der Waals surface area contributed by atoms with Gasteiger partial charge in [0.1, 0.15) is 0 Å². The minimum absolute atomic E-state index is 1.22. The summed E-state index contributed by atoms with van der Waals surface area (Å²) in [5.41, 5.74) is 14.9. The minimum Gasteiger partial charge on any atom is -0.343 e. The molecule has 0 unspecified atom stereocenters. The van der Waals surface area contributed by atoms with Crippen LogP contribution in [0, 0.1) is 6.92 Å². The highest BCUT2D eigenvalue weighted by molar-refractivity contribution is 6.09. The zero-order valence-electron chi connectivity index (χ0n) is 27.7. The highest BCUT2D eigenvalue weighted by Crippen LogP contribution is 2.43. The van der Waals surface area contributed by atoms with Crippen LogP contribution in [0.1, 0.15) is 5.56 Å². The molecule has 0 aliphatic carbocycles. The van der Waals surface area contributed by atoms with Crippen LogP contribution in [0.3, 0.4) is 0 Å². The van der Waals surface area contributed by atoms with Gasteiger partial charge < -0.3 is 4.57 Å². The molecule has 0 bridgehead atoms. The molecule has 1 aromatic heterocycles. The second-order valence-electron chi connectivity index (χ2n) is 13.1. The second-order valence-corrected chi connectivity index (χ2v) is 13.1. The Morgan fingerprint density at radius 1 is 0.367 bits per heavy atom. The van der Waals surface area contributed by atoms with Crippen LogP contribution in [0.15, 0.2) is 176 Å². The zero-order chi connectivity index (χ0) is 32.9. The summed E-state index contributed by atoms with van der Waals surface area (Å²) in [4.78, 5) is 0. The summed E-state index contributed by atoms with van der Waals surface area (Å²) in [6.45, 7) is 2.15. The van der Waals surface area contributed by atoms with Crippen molar-refractivity contribution in [2.75, 3.05) is 0 Å². The third-order valence-electron chi connectivity index (χ3n) is 10.1. The van der Waals surface area contributed by atoms with Crippen molar-refractivity contribution >= 4 is 32.4 Å². The fraction of sp³-hybridized carbons (Fsp3) is 0.0417. The fourth-order valence-corrected chi connectivity index (χ4v) is 7.56. The Kier molecular flexibility index (Phi) is 6.99. The van der Waals surface area contributed by atoms with E-state index < -0.39 is 0 Å². The summed E-state index contributed by atoms with van der Waals surface area (Å²) in [6.07, 6.45) is 0. The number of fused-ring (bicyclic) bond motifs is 3. The van der Waals surface area contributed by atoms with E-state index in [9.17, 15) is 0 Å². The van der Waals surface area contributed by atoms with E-state index in [0.717, 1.165) is 0 Å². The van der Waals surface area contributed by atoms with E-state index >= 15 is 0 Å². The molecule has 49 heavy (non-hydrogen) atoms. The van der Waals surface area contributed by atoms with Crippen LogP contribution in [0.5, 0.6) is 0 Å². The van der Waals surface area contributed by atoms with Gasteiger partial charge >= 0.3 is 0 Å². The lowest BCUT2D eigenvalue weighted by Gasteiger charge is -2.13. The Hall–Kier alpha value is -6.18. The molecule has 0 fully saturated rings. The first-order valence-corrected chi connectivity index (χ1v) is 17.0. The maximum absolute atomic E-state index is 2.37. The molecule has 0 aliphatic heterocycles. The molecule has 1 heteroatoms. The highest BCUT2D eigenvalue weighted by atomic mass is 15.0. The SMILES string of the molecule is Cc1ccc(-c2c(-c3ccccc3)n(C)c3cc(-c4ccc(-c5ccc(-c6ccc7ccccc7c6)cc5)c5ccccc45)ccc23)cc1. The molecule has 1 heterocycles. The van der Waals surface area contributed by atoms with Crippen molar-refractivity contribution in [1.29, 1.82) is 0 Å². The van der Waals surface area contributed by atoms with Crippen LogP contribution in [0.2, 0.25) is 0 Å². The van der Waals surface area contributed by atoms with Gasteiger partial charge in [-0.2, -0.15) is 0 Å². The van der Waals surface area contributed by atoms with E-state index in [0.29, 0.717) is 0 Å². The Labute approximate surface area is 287 Å². The molecule has 9 rings (SSSR count). The van der Waals surface area contributed by atoms with Gasteiger partial charge in [-0.25, -0.2) is 0 Å². The van der Waals surface area contributed by atoms with Crippen LogP contribution in [0.25, 0.3) is 88.2 Å². The summed E-state index contributed by atoms with van der Waals surface area (Å²) in [5.74, 6) is 0. The van der Waals surface area contributed by atoms with Crippen LogP contribution < -0.4 is 0 Å². The van der Waals surface area contributed by atoms with Gasteiger partial charge in [0.25, 0.3) is 0 Å². The summed E-state index contributed by atoms with van der Waals surface area (Å²) < 4.78 is 2.37. The molecule has 1 nitrogen and oxygen atoms in total. The van der Waals surface area contributed by atoms with Crippen molar-refractivity contribution in [3.8, 4) is 55.8 Å². The Morgan fingerprint density at radius 3 is 1.67 bits per heavy atom.